The van der Waals surface area contributed by atoms with Crippen molar-refractivity contribution in [2.75, 3.05) is 20.6 Å². The monoisotopic (exact) mass is 273 g/mol. The summed E-state index contributed by atoms with van der Waals surface area (Å²) in [7, 11) is 3.76. The average Bonchev–Trinajstić information content (AvgIpc) is 2.46. The highest BCUT2D eigenvalue weighted by Gasteiger charge is 2.16. The standard InChI is InChI=1S/C10H16BrN3O/c1-4-5-14-10(8(11)6-12-14)9(15)7-13(2)3/h6H,4-5,7H2,1-3H3. The zero-order valence-corrected chi connectivity index (χ0v) is 10.9. The predicted octanol–water partition coefficient (Wildman–Crippen LogP) is 1.80. The minimum atomic E-state index is 0.0952. The number of rotatable bonds is 5. The molecule has 84 valence electrons. The van der Waals surface area contributed by atoms with Crippen LogP contribution in [0.25, 0.3) is 0 Å². The molecule has 0 bridgehead atoms. The van der Waals surface area contributed by atoms with Gasteiger partial charge in [-0.3, -0.25) is 9.48 Å². The molecule has 0 saturated heterocycles. The molecule has 0 aliphatic rings. The first kappa shape index (κ1) is 12.4. The maximum Gasteiger partial charge on any atom is 0.195 e. The van der Waals surface area contributed by atoms with E-state index in [1.54, 1.807) is 10.9 Å². The van der Waals surface area contributed by atoms with Crippen LogP contribution in [0.4, 0.5) is 0 Å². The van der Waals surface area contributed by atoms with Crippen LogP contribution >= 0.6 is 15.9 Å². The van der Waals surface area contributed by atoms with Gasteiger partial charge in [-0.05, 0) is 36.4 Å². The summed E-state index contributed by atoms with van der Waals surface area (Å²) < 4.78 is 2.54. The third-order valence-corrected chi connectivity index (χ3v) is 2.53. The molecule has 5 heteroatoms. The Kier molecular flexibility index (Phi) is 4.47. The summed E-state index contributed by atoms with van der Waals surface area (Å²) in [5, 5.41) is 4.16. The van der Waals surface area contributed by atoms with Crippen molar-refractivity contribution in [1.29, 1.82) is 0 Å². The second-order valence-corrected chi connectivity index (χ2v) is 4.58. The molecule has 0 N–H and O–H groups in total. The maximum absolute atomic E-state index is 11.9. The lowest BCUT2D eigenvalue weighted by Crippen LogP contribution is -2.24. The van der Waals surface area contributed by atoms with E-state index in [0.717, 1.165) is 17.4 Å². The highest BCUT2D eigenvalue weighted by atomic mass is 79.9. The lowest BCUT2D eigenvalue weighted by atomic mass is 10.2. The Balaban J connectivity index is 2.90. The highest BCUT2D eigenvalue weighted by molar-refractivity contribution is 9.10. The first-order valence-electron chi connectivity index (χ1n) is 4.95. The number of hydrogen-bond acceptors (Lipinski definition) is 3. The van der Waals surface area contributed by atoms with Crippen LogP contribution < -0.4 is 0 Å². The second kappa shape index (κ2) is 5.42. The number of likely N-dealkylation sites (N-methyl/N-ethyl adjacent to an activating group) is 1. The van der Waals surface area contributed by atoms with Crippen LogP contribution in [0.1, 0.15) is 23.8 Å². The number of hydrogen-bond donors (Lipinski definition) is 0. The lowest BCUT2D eigenvalue weighted by Gasteiger charge is -2.10. The van der Waals surface area contributed by atoms with E-state index in [0.29, 0.717) is 12.2 Å². The minimum Gasteiger partial charge on any atom is -0.302 e. The van der Waals surface area contributed by atoms with Crippen LogP contribution in [-0.4, -0.2) is 41.1 Å². The van der Waals surface area contributed by atoms with Crippen molar-refractivity contribution in [2.45, 2.75) is 19.9 Å². The van der Waals surface area contributed by atoms with Gasteiger partial charge in [-0.2, -0.15) is 5.10 Å². The quantitative estimate of drug-likeness (QED) is 0.768. The summed E-state index contributed by atoms with van der Waals surface area (Å²) in [6.07, 6.45) is 2.65. The third kappa shape index (κ3) is 3.14. The number of ketones is 1. The van der Waals surface area contributed by atoms with E-state index in [9.17, 15) is 4.79 Å². The van der Waals surface area contributed by atoms with Crippen LogP contribution in [0, 0.1) is 0 Å². The molecule has 0 amide bonds. The van der Waals surface area contributed by atoms with Gasteiger partial charge in [0, 0.05) is 6.54 Å². The topological polar surface area (TPSA) is 38.1 Å². The second-order valence-electron chi connectivity index (χ2n) is 3.73. The molecule has 0 unspecified atom stereocenters. The zero-order valence-electron chi connectivity index (χ0n) is 9.33. The molecule has 0 aromatic carbocycles. The molecule has 0 atom stereocenters. The smallest absolute Gasteiger partial charge is 0.195 e. The first-order chi connectivity index (χ1) is 7.06. The zero-order chi connectivity index (χ0) is 11.4. The molecule has 1 heterocycles. The Morgan fingerprint density at radius 1 is 1.60 bits per heavy atom. The summed E-state index contributed by atoms with van der Waals surface area (Å²) in [6, 6.07) is 0. The van der Waals surface area contributed by atoms with Crippen molar-refractivity contribution in [1.82, 2.24) is 14.7 Å². The molecule has 0 spiro atoms. The van der Waals surface area contributed by atoms with Crippen molar-refractivity contribution in [3.8, 4) is 0 Å². The van der Waals surface area contributed by atoms with Gasteiger partial charge in [0.25, 0.3) is 0 Å². The van der Waals surface area contributed by atoms with Gasteiger partial charge in [-0.25, -0.2) is 0 Å². The molecule has 0 fully saturated rings. The largest absolute Gasteiger partial charge is 0.302 e. The van der Waals surface area contributed by atoms with Gasteiger partial charge in [0.15, 0.2) is 5.78 Å². The van der Waals surface area contributed by atoms with Crippen LogP contribution in [0.2, 0.25) is 0 Å². The number of nitrogens with zero attached hydrogens (tertiary/aromatic N) is 3. The Bertz CT molecular complexity index is 346. The third-order valence-electron chi connectivity index (χ3n) is 1.95. The molecule has 0 aliphatic heterocycles. The summed E-state index contributed by atoms with van der Waals surface area (Å²) in [5.41, 5.74) is 0.672. The molecule has 1 aromatic rings. The van der Waals surface area contributed by atoms with Gasteiger partial charge >= 0.3 is 0 Å². The van der Waals surface area contributed by atoms with Crippen molar-refractivity contribution in [3.63, 3.8) is 0 Å². The van der Waals surface area contributed by atoms with Crippen LogP contribution in [-0.2, 0) is 6.54 Å². The van der Waals surface area contributed by atoms with Gasteiger partial charge in [-0.15, -0.1) is 0 Å². The SMILES string of the molecule is CCCn1ncc(Br)c1C(=O)CN(C)C. The first-order valence-corrected chi connectivity index (χ1v) is 5.74. The highest BCUT2D eigenvalue weighted by Crippen LogP contribution is 2.17. The maximum atomic E-state index is 11.9. The summed E-state index contributed by atoms with van der Waals surface area (Å²) in [5.74, 6) is 0.0952. The van der Waals surface area contributed by atoms with E-state index in [-0.39, 0.29) is 5.78 Å². The van der Waals surface area contributed by atoms with Gasteiger partial charge in [-0.1, -0.05) is 6.92 Å². The van der Waals surface area contributed by atoms with E-state index in [1.807, 2.05) is 19.0 Å². The number of carbonyl (C=O) groups excluding carboxylic acids is 1. The Morgan fingerprint density at radius 2 is 2.27 bits per heavy atom. The van der Waals surface area contributed by atoms with Gasteiger partial charge in [0.05, 0.1) is 17.2 Å². The number of Topliss-reactive ketones (excluding diaryl/α,β-unsaturated/α-hetero) is 1. The van der Waals surface area contributed by atoms with Crippen LogP contribution in [0.15, 0.2) is 10.7 Å². The van der Waals surface area contributed by atoms with E-state index >= 15 is 0 Å². The molecule has 15 heavy (non-hydrogen) atoms. The molecule has 0 saturated carbocycles. The Hall–Kier alpha value is -0.680. The summed E-state index contributed by atoms with van der Waals surface area (Å²) in [4.78, 5) is 13.8. The average molecular weight is 274 g/mol. The van der Waals surface area contributed by atoms with Gasteiger partial charge < -0.3 is 4.90 Å². The van der Waals surface area contributed by atoms with E-state index in [4.69, 9.17) is 0 Å². The number of halogens is 1. The van der Waals surface area contributed by atoms with Crippen molar-refractivity contribution >= 4 is 21.7 Å². The molecular formula is C10H16BrN3O. The summed E-state index contributed by atoms with van der Waals surface area (Å²) in [6.45, 7) is 3.25. The fourth-order valence-electron chi connectivity index (χ4n) is 1.38. The van der Waals surface area contributed by atoms with Crippen molar-refractivity contribution in [2.24, 2.45) is 0 Å². The van der Waals surface area contributed by atoms with Gasteiger partial charge in [0.1, 0.15) is 5.69 Å². The molecule has 1 aromatic heterocycles. The summed E-state index contributed by atoms with van der Waals surface area (Å²) >= 11 is 3.35. The lowest BCUT2D eigenvalue weighted by molar-refractivity contribution is 0.0946. The number of aryl methyl sites for hydroxylation is 1. The van der Waals surface area contributed by atoms with Gasteiger partial charge in [0.2, 0.25) is 0 Å². The normalized spacial score (nSPS) is 11.0. The van der Waals surface area contributed by atoms with Crippen molar-refractivity contribution < 1.29 is 4.79 Å². The fraction of sp³-hybridized carbons (Fsp3) is 0.600. The predicted molar refractivity (Wildman–Crippen MR) is 63.1 cm³/mol. The van der Waals surface area contributed by atoms with Crippen molar-refractivity contribution in [3.05, 3.63) is 16.4 Å². The number of aromatic nitrogens is 2. The van der Waals surface area contributed by atoms with Crippen LogP contribution in [0.3, 0.4) is 0 Å². The Morgan fingerprint density at radius 3 is 2.80 bits per heavy atom. The fourth-order valence-corrected chi connectivity index (χ4v) is 1.90. The van der Waals surface area contributed by atoms with E-state index in [1.165, 1.54) is 0 Å². The van der Waals surface area contributed by atoms with E-state index in [2.05, 4.69) is 28.0 Å². The number of carbonyl (C=O) groups is 1. The molecular weight excluding hydrogens is 258 g/mol. The minimum absolute atomic E-state index is 0.0952. The molecule has 0 aliphatic carbocycles. The van der Waals surface area contributed by atoms with E-state index < -0.39 is 0 Å². The Labute approximate surface area is 98.4 Å². The van der Waals surface area contributed by atoms with Crippen LogP contribution in [0.5, 0.6) is 0 Å². The molecule has 1 rings (SSSR count). The molecule has 0 radical (unpaired) electrons. The molecule has 4 nitrogen and oxygen atoms in total.